The van der Waals surface area contributed by atoms with Crippen LogP contribution in [0.2, 0.25) is 0 Å². The predicted molar refractivity (Wildman–Crippen MR) is 349 cm³/mol. The maximum atomic E-state index is 16.0. The van der Waals surface area contributed by atoms with Crippen LogP contribution in [-0.2, 0) is 85.6 Å². The van der Waals surface area contributed by atoms with E-state index in [0.29, 0.717) is 49.8 Å². The summed E-state index contributed by atoms with van der Waals surface area (Å²) in [7, 11) is 2.53. The summed E-state index contributed by atoms with van der Waals surface area (Å²) in [6.45, 7) is 15.0. The highest BCUT2D eigenvalue weighted by Gasteiger charge is 2.73. The predicted octanol–water partition coefficient (Wildman–Crippen LogP) is -0.343. The molecule has 0 spiro atoms. The van der Waals surface area contributed by atoms with Gasteiger partial charge in [-0.1, -0.05) is 65.3 Å². The Labute approximate surface area is 596 Å². The molecule has 0 aromatic heterocycles. The number of aliphatic hydroxyl groups is 12. The molecule has 5 aliphatic heterocycles. The molecule has 0 amide bonds. The zero-order valence-electron chi connectivity index (χ0n) is 59.8. The van der Waals surface area contributed by atoms with Crippen LogP contribution in [0.25, 0.3) is 6.08 Å². The number of rotatable bonds is 18. The van der Waals surface area contributed by atoms with E-state index in [0.717, 1.165) is 32.0 Å². The van der Waals surface area contributed by atoms with E-state index in [1.54, 1.807) is 31.2 Å². The van der Waals surface area contributed by atoms with E-state index in [4.69, 9.17) is 66.3 Å². The van der Waals surface area contributed by atoms with Crippen LogP contribution in [0.5, 0.6) is 5.75 Å². The number of aliphatic hydroxyl groups excluding tert-OH is 12. The quantitative estimate of drug-likeness (QED) is 0.0223. The Kier molecular flexibility index (Phi) is 23.3. The maximum Gasteiger partial charge on any atom is 0.337 e. The summed E-state index contributed by atoms with van der Waals surface area (Å²) in [5, 5.41) is 134. The SMILES string of the molecule is COC(=O)[C@H]1O[C@H](O[C@H]2CC[C@]3(C)[C@H]4CC=C5[C@@H]6CC(C)(C)CC[C@]6(C(=O)O[C@@H]6O[C@H](C)[C@@H](OC(=O)/C=C\c7ccc(OC)cc7)[C@H](OC(C)=O)[C@H]6O[C@H]6O[C@@H](C)[C@H](O)[C@@H](O)[C@@H]6O)[C@H](O)C[C@@]5(C)[C@]4(C)CC[C@H]3[C@@]2(C)C=O)[C@H](O[C@H]2O[C@H](CO)[C@H](O)[C@@H](O)[C@H]2O)[C@H](O[C@@H]2OC[C@H](O)[C@@H](O)[C@H]2O)[C@H]1O. The average molecular weight is 1470 g/mol. The minimum Gasteiger partial charge on any atom is -0.497 e. The first-order chi connectivity index (χ1) is 48.5. The summed E-state index contributed by atoms with van der Waals surface area (Å²) >= 11 is 0. The van der Waals surface area contributed by atoms with Gasteiger partial charge in [0.1, 0.15) is 96.8 Å². The van der Waals surface area contributed by atoms with Crippen molar-refractivity contribution in [3.8, 4) is 5.75 Å². The third-order valence-electron chi connectivity index (χ3n) is 25.2. The molecule has 578 valence electrons. The van der Waals surface area contributed by atoms with Crippen LogP contribution in [0.15, 0.2) is 42.0 Å². The number of carbonyl (C=O) groups excluding carboxylic acids is 5. The smallest absolute Gasteiger partial charge is 0.337 e. The van der Waals surface area contributed by atoms with E-state index in [1.807, 2.05) is 0 Å². The Morgan fingerprint density at radius 1 is 0.602 bits per heavy atom. The summed E-state index contributed by atoms with van der Waals surface area (Å²) in [5.74, 6) is -4.55. The Hall–Kier alpha value is -4.79. The molecule has 31 nitrogen and oxygen atoms in total. The number of benzene rings is 1. The number of allylic oxidation sites excluding steroid dienone is 2. The molecule has 11 rings (SSSR count). The second-order valence-electron chi connectivity index (χ2n) is 31.7. The number of fused-ring (bicyclic) bond motifs is 7. The van der Waals surface area contributed by atoms with E-state index in [9.17, 15) is 80.5 Å². The van der Waals surface area contributed by atoms with E-state index < -0.39 is 241 Å². The largest absolute Gasteiger partial charge is 0.497 e. The monoisotopic (exact) mass is 1460 g/mol. The first-order valence-corrected chi connectivity index (χ1v) is 35.6. The van der Waals surface area contributed by atoms with Crippen LogP contribution < -0.4 is 4.74 Å². The number of methoxy groups -OCH3 is 2. The zero-order valence-corrected chi connectivity index (χ0v) is 59.8. The van der Waals surface area contributed by atoms with Gasteiger partial charge in [0, 0.05) is 13.0 Å². The summed E-state index contributed by atoms with van der Waals surface area (Å²) in [6, 6.07) is 6.80. The summed E-state index contributed by atoms with van der Waals surface area (Å²) < 4.78 is 84.4. The third-order valence-corrected chi connectivity index (χ3v) is 25.2. The Morgan fingerprint density at radius 2 is 1.23 bits per heavy atom. The minimum absolute atomic E-state index is 0.0588. The van der Waals surface area contributed by atoms with E-state index >= 15 is 4.79 Å². The maximum absolute atomic E-state index is 16.0. The fraction of sp³-hybridized carbons (Fsp3) is 0.792. The second-order valence-corrected chi connectivity index (χ2v) is 31.7. The third kappa shape index (κ3) is 14.2. The van der Waals surface area contributed by atoms with Crippen LogP contribution in [0, 0.1) is 50.2 Å². The molecule has 0 radical (unpaired) electrons. The van der Waals surface area contributed by atoms with E-state index in [2.05, 4.69) is 40.7 Å². The van der Waals surface area contributed by atoms with E-state index in [1.165, 1.54) is 27.0 Å². The summed E-state index contributed by atoms with van der Waals surface area (Å²) in [4.78, 5) is 70.9. The summed E-state index contributed by atoms with van der Waals surface area (Å²) in [5.41, 5.74) is -4.07. The van der Waals surface area contributed by atoms with Crippen molar-refractivity contribution in [2.75, 3.05) is 27.4 Å². The lowest BCUT2D eigenvalue weighted by atomic mass is 9.33. The van der Waals surface area contributed by atoms with Crippen molar-refractivity contribution in [3.63, 3.8) is 0 Å². The summed E-state index contributed by atoms with van der Waals surface area (Å²) in [6.07, 6.45) is -36.3. The molecule has 1 aromatic carbocycles. The van der Waals surface area contributed by atoms with Crippen LogP contribution in [0.1, 0.15) is 126 Å². The molecule has 5 aliphatic carbocycles. The van der Waals surface area contributed by atoms with E-state index in [-0.39, 0.29) is 25.2 Å². The lowest BCUT2D eigenvalue weighted by molar-refractivity contribution is -0.391. The fourth-order valence-electron chi connectivity index (χ4n) is 19.1. The van der Waals surface area contributed by atoms with Crippen LogP contribution >= 0.6 is 0 Å². The van der Waals surface area contributed by atoms with Gasteiger partial charge < -0.3 is 132 Å². The number of carbonyl (C=O) groups is 5. The highest BCUT2D eigenvalue weighted by Crippen LogP contribution is 2.76. The molecule has 0 unspecified atom stereocenters. The Morgan fingerprint density at radius 3 is 1.87 bits per heavy atom. The molecule has 10 aliphatic rings. The highest BCUT2D eigenvalue weighted by atomic mass is 16.8. The molecule has 4 saturated carbocycles. The highest BCUT2D eigenvalue weighted by molar-refractivity contribution is 5.87. The first kappa shape index (κ1) is 79.3. The van der Waals surface area contributed by atoms with Crippen molar-refractivity contribution in [2.24, 2.45) is 50.2 Å². The molecule has 34 atom stereocenters. The van der Waals surface area contributed by atoms with Gasteiger partial charge in [-0.25, -0.2) is 9.59 Å². The topological polar surface area (TPSA) is 457 Å². The number of ether oxygens (including phenoxy) is 14. The van der Waals surface area contributed by atoms with Gasteiger partial charge in [0.15, 0.2) is 49.6 Å². The number of esters is 4. The minimum atomic E-state index is -2.09. The number of aldehydes is 1. The van der Waals surface area contributed by atoms with Crippen LogP contribution in [0.4, 0.5) is 0 Å². The Bertz CT molecular complexity index is 3260. The van der Waals surface area contributed by atoms with Crippen molar-refractivity contribution < 1.29 is 152 Å². The number of hydrogen-bond acceptors (Lipinski definition) is 31. The fourth-order valence-corrected chi connectivity index (χ4v) is 19.1. The van der Waals surface area contributed by atoms with Crippen molar-refractivity contribution in [3.05, 3.63) is 47.6 Å². The van der Waals surface area contributed by atoms with Gasteiger partial charge in [-0.3, -0.25) is 9.59 Å². The van der Waals surface area contributed by atoms with Gasteiger partial charge in [-0.05, 0) is 135 Å². The molecule has 5 heterocycles. The Balaban J connectivity index is 0.894. The molecular formula is C72H104O31. The van der Waals surface area contributed by atoms with Gasteiger partial charge in [-0.2, -0.15) is 0 Å². The molecule has 12 N–H and O–H groups in total. The van der Waals surface area contributed by atoms with Gasteiger partial charge in [-0.15, -0.1) is 0 Å². The van der Waals surface area contributed by atoms with Gasteiger partial charge in [0.05, 0.1) is 57.3 Å². The van der Waals surface area contributed by atoms with Crippen molar-refractivity contribution in [2.45, 2.75) is 280 Å². The molecule has 103 heavy (non-hydrogen) atoms. The van der Waals surface area contributed by atoms with Crippen molar-refractivity contribution in [1.82, 2.24) is 0 Å². The van der Waals surface area contributed by atoms with Crippen molar-refractivity contribution in [1.29, 1.82) is 0 Å². The first-order valence-electron chi connectivity index (χ1n) is 35.6. The zero-order chi connectivity index (χ0) is 75.1. The van der Waals surface area contributed by atoms with Gasteiger partial charge in [0.25, 0.3) is 0 Å². The number of hydrogen-bond donors (Lipinski definition) is 12. The molecule has 1 aromatic rings. The molecular weight excluding hydrogens is 1360 g/mol. The van der Waals surface area contributed by atoms with Crippen LogP contribution in [-0.4, -0.2) is 279 Å². The van der Waals surface area contributed by atoms with Gasteiger partial charge >= 0.3 is 23.9 Å². The normalized spacial score (nSPS) is 48.1. The van der Waals surface area contributed by atoms with Crippen LogP contribution in [0.3, 0.4) is 0 Å². The molecule has 5 saturated heterocycles. The van der Waals surface area contributed by atoms with Crippen molar-refractivity contribution >= 4 is 36.2 Å². The molecule has 9 fully saturated rings. The lowest BCUT2D eigenvalue weighted by Crippen LogP contribution is -2.69. The van der Waals surface area contributed by atoms with Gasteiger partial charge in [0.2, 0.25) is 6.29 Å². The average Bonchev–Trinajstić information content (AvgIpc) is 0.669. The lowest BCUT2D eigenvalue weighted by Gasteiger charge is -2.71. The molecule has 31 heteroatoms. The molecule has 0 bridgehead atoms. The standard InChI is InChI=1S/C72H104O31/c1-31-45(79)48(82)51(85)62(93-31)102-59-57(95-33(3)75)54(98-44(78)19-14-34-12-15-35(90-10)16-13-34)32(2)94-64(59)103-66(89)72-25-24-67(4,5)26-37(72)36-17-18-41-68(6)22-21-43(69(7,30-74)40(68)20-23-70(41,8)71(36,9)27-42(72)77)97-65-58(101-63-52(86)49(83)47(81)39(28-73)96-63)55(53(87)56(100-65)60(88)91-11)99-61-50(84)46(80)38(76)29-92-61/h12-17,19,30-32,37-43,45-59,61-65,73,76-77,79-87H,18,20-29H2,1-11H3/b19-14-/t31-,32+,37-,38-,39+,40+,41+,42+,43-,45-,46+,47-,48+,49+,50+,51-,52+,53+,54+,55+,56-,57-,58+,59+,61-,62+,63+,64-,65-,68-,69+,70+,71+,72+/m0/s1. The second kappa shape index (κ2) is 30.3.